The van der Waals surface area contributed by atoms with Crippen LogP contribution in [0.2, 0.25) is 0 Å². The van der Waals surface area contributed by atoms with Crippen LogP contribution in [0.15, 0.2) is 30.5 Å². The van der Waals surface area contributed by atoms with Crippen molar-refractivity contribution in [1.29, 1.82) is 0 Å². The fourth-order valence-corrected chi connectivity index (χ4v) is 3.32. The molecule has 1 saturated heterocycles. The molecule has 26 heavy (non-hydrogen) atoms. The van der Waals surface area contributed by atoms with Crippen LogP contribution in [0.25, 0.3) is 0 Å². The third kappa shape index (κ3) is 3.07. The van der Waals surface area contributed by atoms with Gasteiger partial charge in [-0.15, -0.1) is 0 Å². The van der Waals surface area contributed by atoms with Crippen molar-refractivity contribution in [2.75, 3.05) is 26.3 Å². The van der Waals surface area contributed by atoms with Gasteiger partial charge in [-0.2, -0.15) is 4.68 Å². The quantitative estimate of drug-likeness (QED) is 0.615. The highest BCUT2D eigenvalue weighted by molar-refractivity contribution is 5.95. The predicted molar refractivity (Wildman–Crippen MR) is 90.5 cm³/mol. The molecule has 1 aromatic carbocycles. The van der Waals surface area contributed by atoms with Crippen LogP contribution in [0.3, 0.4) is 0 Å². The number of rotatable bonds is 3. The summed E-state index contributed by atoms with van der Waals surface area (Å²) in [6.07, 6.45) is 3.03. The molecule has 1 fully saturated rings. The monoisotopic (exact) mass is 358 g/mol. The van der Waals surface area contributed by atoms with Gasteiger partial charge in [0, 0.05) is 18.7 Å². The van der Waals surface area contributed by atoms with E-state index in [1.165, 1.54) is 6.07 Å². The molecule has 0 spiro atoms. The lowest BCUT2D eigenvalue weighted by atomic mass is 10.0. The molecule has 0 unspecified atom stereocenters. The number of ether oxygens (including phenoxy) is 2. The second-order valence-corrected chi connectivity index (χ2v) is 6.29. The molecule has 4 rings (SSSR count). The lowest BCUT2D eigenvalue weighted by Gasteiger charge is -2.31. The summed E-state index contributed by atoms with van der Waals surface area (Å²) >= 11 is 0. The standard InChI is InChI=1S/C17H18N4O5/c22-17(12-1-2-14-15(11-12)26-10-9-25-14)19-6-3-13(4-7-19)20-8-5-16(18-20)21(23)24/h1-2,5,8,11,13H,3-4,6-7,9-10H2. The Morgan fingerprint density at radius 3 is 2.58 bits per heavy atom. The molecule has 136 valence electrons. The van der Waals surface area contributed by atoms with E-state index >= 15 is 0 Å². The molecule has 0 bridgehead atoms. The van der Waals surface area contributed by atoms with Crippen LogP contribution >= 0.6 is 0 Å². The third-order valence-electron chi connectivity index (χ3n) is 4.70. The predicted octanol–water partition coefficient (Wildman–Crippen LogP) is 2.04. The number of piperidine rings is 1. The minimum absolute atomic E-state index is 0.0492. The average Bonchev–Trinajstić information content (AvgIpc) is 3.18. The highest BCUT2D eigenvalue weighted by Gasteiger charge is 2.28. The molecule has 9 heteroatoms. The molecule has 0 N–H and O–H groups in total. The zero-order chi connectivity index (χ0) is 18.1. The van der Waals surface area contributed by atoms with Crippen molar-refractivity contribution in [3.63, 3.8) is 0 Å². The number of nitrogens with zero attached hydrogens (tertiary/aromatic N) is 4. The van der Waals surface area contributed by atoms with Crippen molar-refractivity contribution in [3.8, 4) is 11.5 Å². The maximum absolute atomic E-state index is 12.7. The van der Waals surface area contributed by atoms with Gasteiger partial charge in [0.2, 0.25) is 0 Å². The summed E-state index contributed by atoms with van der Waals surface area (Å²) in [6, 6.07) is 6.69. The Morgan fingerprint density at radius 1 is 1.15 bits per heavy atom. The van der Waals surface area contributed by atoms with Crippen LogP contribution in [-0.4, -0.2) is 51.8 Å². The summed E-state index contributed by atoms with van der Waals surface area (Å²) < 4.78 is 12.6. The maximum Gasteiger partial charge on any atom is 0.389 e. The molecule has 2 aliphatic rings. The van der Waals surface area contributed by atoms with Gasteiger partial charge in [-0.05, 0) is 36.0 Å². The summed E-state index contributed by atoms with van der Waals surface area (Å²) in [7, 11) is 0. The number of benzene rings is 1. The first-order valence-electron chi connectivity index (χ1n) is 8.50. The van der Waals surface area contributed by atoms with E-state index in [1.54, 1.807) is 34.0 Å². The Kier molecular flexibility index (Phi) is 4.19. The Morgan fingerprint density at radius 2 is 1.88 bits per heavy atom. The Labute approximate surface area is 149 Å². The minimum atomic E-state index is -0.503. The number of hydrogen-bond acceptors (Lipinski definition) is 6. The van der Waals surface area contributed by atoms with Crippen molar-refractivity contribution in [2.45, 2.75) is 18.9 Å². The summed E-state index contributed by atoms with van der Waals surface area (Å²) in [5.74, 6) is 1.05. The zero-order valence-electron chi connectivity index (χ0n) is 14.0. The van der Waals surface area contributed by atoms with Gasteiger partial charge >= 0.3 is 5.82 Å². The van der Waals surface area contributed by atoms with E-state index in [2.05, 4.69) is 5.10 Å². The fraction of sp³-hybridized carbons (Fsp3) is 0.412. The first kappa shape index (κ1) is 16.4. The molecule has 1 aromatic heterocycles. The van der Waals surface area contributed by atoms with Crippen LogP contribution in [0.1, 0.15) is 29.2 Å². The van der Waals surface area contributed by atoms with E-state index in [0.717, 1.165) is 0 Å². The van der Waals surface area contributed by atoms with E-state index < -0.39 is 4.92 Å². The van der Waals surface area contributed by atoms with Crippen molar-refractivity contribution >= 4 is 11.7 Å². The van der Waals surface area contributed by atoms with Gasteiger partial charge in [0.15, 0.2) is 11.5 Å². The highest BCUT2D eigenvalue weighted by atomic mass is 16.6. The van der Waals surface area contributed by atoms with Crippen LogP contribution < -0.4 is 9.47 Å². The molecule has 1 amide bonds. The second-order valence-electron chi connectivity index (χ2n) is 6.29. The van der Waals surface area contributed by atoms with Gasteiger partial charge in [-0.1, -0.05) is 0 Å². The molecule has 0 saturated carbocycles. The molecular formula is C17H18N4O5. The number of aromatic nitrogens is 2. The van der Waals surface area contributed by atoms with Crippen molar-refractivity contribution < 1.29 is 19.2 Å². The van der Waals surface area contributed by atoms with Gasteiger partial charge in [0.25, 0.3) is 5.91 Å². The number of nitro groups is 1. The molecule has 0 atom stereocenters. The Balaban J connectivity index is 1.41. The summed E-state index contributed by atoms with van der Waals surface area (Å²) in [5.41, 5.74) is 0.572. The molecule has 2 aliphatic heterocycles. The average molecular weight is 358 g/mol. The minimum Gasteiger partial charge on any atom is -0.486 e. The molecule has 9 nitrogen and oxygen atoms in total. The molecular weight excluding hydrogens is 340 g/mol. The summed E-state index contributed by atoms with van der Waals surface area (Å²) in [4.78, 5) is 24.8. The number of hydrogen-bond donors (Lipinski definition) is 0. The van der Waals surface area contributed by atoms with Gasteiger partial charge < -0.3 is 24.5 Å². The van der Waals surface area contributed by atoms with Gasteiger partial charge in [-0.3, -0.25) is 4.79 Å². The number of likely N-dealkylation sites (tertiary alicyclic amines) is 1. The SMILES string of the molecule is O=C(c1ccc2c(c1)OCCO2)N1CCC(n2ccc([N+](=O)[O-])n2)CC1. The topological polar surface area (TPSA) is 99.7 Å². The van der Waals surface area contributed by atoms with Crippen LogP contribution in [0.5, 0.6) is 11.5 Å². The fourth-order valence-electron chi connectivity index (χ4n) is 3.32. The second kappa shape index (κ2) is 6.66. The number of amides is 1. The van der Waals surface area contributed by atoms with Crippen molar-refractivity contribution in [3.05, 3.63) is 46.1 Å². The Bertz CT molecular complexity index is 841. The van der Waals surface area contributed by atoms with Crippen molar-refractivity contribution in [1.82, 2.24) is 14.7 Å². The van der Waals surface area contributed by atoms with E-state index in [4.69, 9.17) is 9.47 Å². The van der Waals surface area contributed by atoms with Gasteiger partial charge in [0.05, 0.1) is 23.4 Å². The van der Waals surface area contributed by atoms with Crippen LogP contribution in [-0.2, 0) is 0 Å². The lowest BCUT2D eigenvalue weighted by molar-refractivity contribution is -0.389. The molecule has 2 aromatic rings. The lowest BCUT2D eigenvalue weighted by Crippen LogP contribution is -2.39. The van der Waals surface area contributed by atoms with Crippen LogP contribution in [0, 0.1) is 10.1 Å². The first-order valence-corrected chi connectivity index (χ1v) is 8.50. The molecule has 3 heterocycles. The summed E-state index contributed by atoms with van der Waals surface area (Å²) in [5, 5.41) is 14.7. The number of fused-ring (bicyclic) bond motifs is 1. The van der Waals surface area contributed by atoms with Crippen LogP contribution in [0.4, 0.5) is 5.82 Å². The van der Waals surface area contributed by atoms with E-state index in [-0.39, 0.29) is 17.8 Å². The highest BCUT2D eigenvalue weighted by Crippen LogP contribution is 2.32. The maximum atomic E-state index is 12.7. The normalized spacial score (nSPS) is 17.2. The van der Waals surface area contributed by atoms with Gasteiger partial charge in [-0.25, -0.2) is 0 Å². The smallest absolute Gasteiger partial charge is 0.389 e. The first-order chi connectivity index (χ1) is 12.6. The molecule has 0 aliphatic carbocycles. The van der Waals surface area contributed by atoms with E-state index in [9.17, 15) is 14.9 Å². The largest absolute Gasteiger partial charge is 0.486 e. The number of carbonyl (C=O) groups excluding carboxylic acids is 1. The third-order valence-corrected chi connectivity index (χ3v) is 4.70. The van der Waals surface area contributed by atoms with E-state index in [1.807, 2.05) is 0 Å². The summed E-state index contributed by atoms with van der Waals surface area (Å²) in [6.45, 7) is 2.14. The molecule has 0 radical (unpaired) electrons. The Hall–Kier alpha value is -3.10. The van der Waals surface area contributed by atoms with Crippen molar-refractivity contribution in [2.24, 2.45) is 0 Å². The van der Waals surface area contributed by atoms with Gasteiger partial charge in [0.1, 0.15) is 13.2 Å². The van der Waals surface area contributed by atoms with E-state index in [0.29, 0.717) is 56.2 Å². The zero-order valence-corrected chi connectivity index (χ0v) is 14.0. The number of carbonyl (C=O) groups is 1.